The minimum absolute atomic E-state index is 0.521. The van der Waals surface area contributed by atoms with Gasteiger partial charge in [0.05, 0.1) is 22.1 Å². The Morgan fingerprint density at radius 3 is 1.22 bits per heavy atom. The molecule has 6 heteroatoms. The Morgan fingerprint density at radius 1 is 0.270 bits per heavy atom. The van der Waals surface area contributed by atoms with E-state index in [2.05, 4.69) is 197 Å². The molecule has 0 N–H and O–H groups in total. The van der Waals surface area contributed by atoms with Crippen LogP contribution in [0.4, 0.5) is 0 Å². The van der Waals surface area contributed by atoms with Gasteiger partial charge in [-0.1, -0.05) is 164 Å². The first kappa shape index (κ1) is 35.2. The number of aromatic nitrogens is 5. The normalized spacial score (nSPS) is 11.8. The summed E-state index contributed by atoms with van der Waals surface area (Å²) < 4.78 is 10.7. The molecule has 0 unspecified atom stereocenters. The summed E-state index contributed by atoms with van der Waals surface area (Å²) in [5.41, 5.74) is 13.3. The van der Waals surface area contributed by atoms with Gasteiger partial charge >= 0.3 is 0 Å². The van der Waals surface area contributed by atoms with Crippen molar-refractivity contribution < 1.29 is 4.42 Å². The fraction of sp³-hybridized carbons (Fsp3) is 0. The van der Waals surface area contributed by atoms with Crippen LogP contribution < -0.4 is 0 Å². The van der Waals surface area contributed by atoms with Gasteiger partial charge in [-0.15, -0.1) is 0 Å². The lowest BCUT2D eigenvalue weighted by molar-refractivity contribution is 0.669. The maximum atomic E-state index is 6.28. The van der Waals surface area contributed by atoms with E-state index in [1.54, 1.807) is 0 Å². The first-order valence-electron chi connectivity index (χ1n) is 21.2. The Bertz CT molecular complexity index is 3810. The first-order chi connectivity index (χ1) is 31.2. The van der Waals surface area contributed by atoms with Gasteiger partial charge in [0.15, 0.2) is 5.82 Å². The van der Waals surface area contributed by atoms with Crippen molar-refractivity contribution in [3.63, 3.8) is 0 Å². The van der Waals surface area contributed by atoms with E-state index in [1.807, 2.05) is 24.3 Å². The van der Waals surface area contributed by atoms with Crippen LogP contribution in [-0.4, -0.2) is 24.1 Å². The minimum atomic E-state index is 0.521. The van der Waals surface area contributed by atoms with Crippen LogP contribution in [0, 0.1) is 0 Å². The lowest BCUT2D eigenvalue weighted by Crippen LogP contribution is -2.10. The molecule has 0 spiro atoms. The van der Waals surface area contributed by atoms with Crippen molar-refractivity contribution in [2.75, 3.05) is 0 Å². The van der Waals surface area contributed by atoms with Gasteiger partial charge in [-0.05, 0) is 81.9 Å². The standard InChI is InChI=1S/C57H35N5O/c1-4-14-36(15-5-1)39-24-28-44-43-20-10-12-22-49(43)61(50(44)33-39)56-58-55(42-27-31-54-48(32-42)47-21-11-13-23-53(47)63-54)59-57(60-56)62-51-34-40(37-16-6-2-7-17-37)25-29-45(51)46-30-26-41(35-52(46)62)38-18-8-3-9-19-38/h1-35H. The van der Waals surface area contributed by atoms with Gasteiger partial charge in [0.1, 0.15) is 11.2 Å². The van der Waals surface area contributed by atoms with Crippen LogP contribution in [-0.2, 0) is 0 Å². The van der Waals surface area contributed by atoms with E-state index in [-0.39, 0.29) is 0 Å². The highest BCUT2D eigenvalue weighted by Crippen LogP contribution is 2.39. The zero-order valence-electron chi connectivity index (χ0n) is 33.9. The zero-order valence-corrected chi connectivity index (χ0v) is 33.9. The maximum absolute atomic E-state index is 6.28. The molecule has 0 atom stereocenters. The van der Waals surface area contributed by atoms with Crippen molar-refractivity contribution in [3.05, 3.63) is 212 Å². The zero-order chi connectivity index (χ0) is 41.4. The molecule has 0 fully saturated rings. The van der Waals surface area contributed by atoms with Gasteiger partial charge in [0, 0.05) is 37.9 Å². The predicted molar refractivity (Wildman–Crippen MR) is 258 cm³/mol. The van der Waals surface area contributed by atoms with Crippen molar-refractivity contribution in [3.8, 4) is 56.7 Å². The van der Waals surface area contributed by atoms with Crippen LogP contribution in [0.3, 0.4) is 0 Å². The molecule has 0 bridgehead atoms. The van der Waals surface area contributed by atoms with Crippen molar-refractivity contribution in [2.24, 2.45) is 0 Å². The summed E-state index contributed by atoms with van der Waals surface area (Å²) in [6, 6.07) is 74.6. The summed E-state index contributed by atoms with van der Waals surface area (Å²) in [4.78, 5) is 16.4. The second-order valence-corrected chi connectivity index (χ2v) is 16.1. The molecule has 294 valence electrons. The predicted octanol–water partition coefficient (Wildman–Crippen LogP) is 14.6. The molecule has 0 aliphatic rings. The maximum Gasteiger partial charge on any atom is 0.240 e. The molecule has 0 aliphatic heterocycles. The molecule has 0 radical (unpaired) electrons. The second-order valence-electron chi connectivity index (χ2n) is 16.1. The summed E-state index contributed by atoms with van der Waals surface area (Å²) in [6.07, 6.45) is 0. The molecule has 4 heterocycles. The number of nitrogens with zero attached hydrogens (tertiary/aromatic N) is 5. The molecule has 6 nitrogen and oxygen atoms in total. The molecule has 0 aliphatic carbocycles. The number of hydrogen-bond acceptors (Lipinski definition) is 4. The third kappa shape index (κ3) is 5.69. The number of fused-ring (bicyclic) bond motifs is 9. The summed E-state index contributed by atoms with van der Waals surface area (Å²) in [6.45, 7) is 0. The van der Waals surface area contributed by atoms with Gasteiger partial charge in [0.25, 0.3) is 0 Å². The SMILES string of the molecule is c1ccc(-c2ccc3c4ccccc4n(-c4nc(-c5ccc6oc7ccccc7c6c5)nc(-n5c6cc(-c7ccccc7)ccc6c6ccc(-c7ccccc7)cc65)n4)c3c2)cc1. The largest absolute Gasteiger partial charge is 0.456 e. The first-order valence-corrected chi connectivity index (χ1v) is 21.2. The molecule has 13 aromatic rings. The van der Waals surface area contributed by atoms with Crippen LogP contribution in [0.15, 0.2) is 217 Å². The second kappa shape index (κ2) is 14.0. The summed E-state index contributed by atoms with van der Waals surface area (Å²) in [5, 5.41) is 6.53. The third-order valence-electron chi connectivity index (χ3n) is 12.4. The topological polar surface area (TPSA) is 61.7 Å². The monoisotopic (exact) mass is 805 g/mol. The number of rotatable bonds is 6. The van der Waals surface area contributed by atoms with E-state index in [1.165, 1.54) is 0 Å². The molecular weight excluding hydrogens is 771 g/mol. The van der Waals surface area contributed by atoms with Crippen LogP contribution in [0.5, 0.6) is 0 Å². The Kier molecular flexibility index (Phi) is 7.80. The Balaban J connectivity index is 1.14. The summed E-state index contributed by atoms with van der Waals surface area (Å²) >= 11 is 0. The number of furan rings is 1. The third-order valence-corrected chi connectivity index (χ3v) is 12.4. The van der Waals surface area contributed by atoms with E-state index in [0.29, 0.717) is 17.7 Å². The number of benzene rings is 9. The molecule has 9 aromatic carbocycles. The van der Waals surface area contributed by atoms with Crippen LogP contribution in [0.25, 0.3) is 122 Å². The van der Waals surface area contributed by atoms with Crippen LogP contribution in [0.1, 0.15) is 0 Å². The molecule has 0 amide bonds. The highest BCUT2D eigenvalue weighted by atomic mass is 16.3. The fourth-order valence-corrected chi connectivity index (χ4v) is 9.40. The Labute approximate surface area is 361 Å². The van der Waals surface area contributed by atoms with E-state index in [4.69, 9.17) is 19.4 Å². The van der Waals surface area contributed by atoms with Gasteiger partial charge in [-0.2, -0.15) is 15.0 Å². The van der Waals surface area contributed by atoms with Gasteiger partial charge in [-0.25, -0.2) is 0 Å². The van der Waals surface area contributed by atoms with Crippen molar-refractivity contribution in [1.82, 2.24) is 24.1 Å². The van der Waals surface area contributed by atoms with Crippen molar-refractivity contribution in [1.29, 1.82) is 0 Å². The van der Waals surface area contributed by atoms with Crippen molar-refractivity contribution in [2.45, 2.75) is 0 Å². The lowest BCUT2D eigenvalue weighted by Gasteiger charge is -2.13. The highest BCUT2D eigenvalue weighted by Gasteiger charge is 2.22. The van der Waals surface area contributed by atoms with E-state index < -0.39 is 0 Å². The van der Waals surface area contributed by atoms with E-state index >= 15 is 0 Å². The summed E-state index contributed by atoms with van der Waals surface area (Å²) in [5.74, 6) is 1.60. The van der Waals surface area contributed by atoms with Crippen LogP contribution in [0.2, 0.25) is 0 Å². The van der Waals surface area contributed by atoms with Crippen LogP contribution >= 0.6 is 0 Å². The van der Waals surface area contributed by atoms with Gasteiger partial charge < -0.3 is 4.42 Å². The molecule has 0 saturated heterocycles. The average molecular weight is 806 g/mol. The molecular formula is C57H35N5O. The average Bonchev–Trinajstić information content (AvgIpc) is 4.01. The molecule has 4 aromatic heterocycles. The quantitative estimate of drug-likeness (QED) is 0.168. The lowest BCUT2D eigenvalue weighted by atomic mass is 10.0. The minimum Gasteiger partial charge on any atom is -0.456 e. The van der Waals surface area contributed by atoms with Gasteiger partial charge in [0.2, 0.25) is 11.9 Å². The smallest absolute Gasteiger partial charge is 0.240 e. The van der Waals surface area contributed by atoms with Crippen molar-refractivity contribution >= 4 is 65.6 Å². The fourth-order valence-electron chi connectivity index (χ4n) is 9.40. The number of para-hydroxylation sites is 2. The summed E-state index contributed by atoms with van der Waals surface area (Å²) in [7, 11) is 0. The highest BCUT2D eigenvalue weighted by molar-refractivity contribution is 6.12. The number of hydrogen-bond donors (Lipinski definition) is 0. The van der Waals surface area contributed by atoms with Gasteiger partial charge in [-0.3, -0.25) is 9.13 Å². The molecule has 13 rings (SSSR count). The molecule has 63 heavy (non-hydrogen) atoms. The Morgan fingerprint density at radius 2 is 0.683 bits per heavy atom. The Hall–Kier alpha value is -8.61. The van der Waals surface area contributed by atoms with E-state index in [9.17, 15) is 0 Å². The molecule has 0 saturated carbocycles. The van der Waals surface area contributed by atoms with E-state index in [0.717, 1.165) is 104 Å².